The number of amides is 4. The quantitative estimate of drug-likeness (QED) is 0.159. The van der Waals surface area contributed by atoms with Crippen LogP contribution in [0.4, 0.5) is 0 Å². The van der Waals surface area contributed by atoms with Gasteiger partial charge in [-0.3, -0.25) is 34.0 Å². The molecule has 2 aromatic heterocycles. The van der Waals surface area contributed by atoms with Crippen LogP contribution in [0.15, 0.2) is 60.8 Å². The lowest BCUT2D eigenvalue weighted by Crippen LogP contribution is -2.62. The number of methoxy groups -OCH3 is 1. The van der Waals surface area contributed by atoms with Crippen molar-refractivity contribution in [3.8, 4) is 34.2 Å². The number of carbonyl (C=O) groups is 5. The van der Waals surface area contributed by atoms with Crippen LogP contribution in [0.5, 0.6) is 0 Å². The Bertz CT molecular complexity index is 2690. The number of aryl methyl sites for hydroxylation is 1. The smallest absolute Gasteiger partial charge is 0.324 e. The second-order valence-electron chi connectivity index (χ2n) is 20.9. The van der Waals surface area contributed by atoms with E-state index in [2.05, 4.69) is 89.2 Å². The number of cyclic esters (lactones) is 1. The minimum absolute atomic E-state index is 0.134. The van der Waals surface area contributed by atoms with E-state index in [4.69, 9.17) is 14.5 Å². The molecule has 15 heteroatoms. The molecule has 0 spiro atoms. The first-order valence-electron chi connectivity index (χ1n) is 25.0. The van der Waals surface area contributed by atoms with Gasteiger partial charge in [-0.15, -0.1) is 0 Å². The summed E-state index contributed by atoms with van der Waals surface area (Å²) in [5, 5.41) is 5.60. The summed E-state index contributed by atoms with van der Waals surface area (Å²) < 4.78 is 14.3. The molecule has 0 aliphatic carbocycles. The Kier molecular flexibility index (Phi) is 15.2. The Hall–Kier alpha value is -6.08. The van der Waals surface area contributed by atoms with E-state index in [-0.39, 0.29) is 49.3 Å². The lowest BCUT2D eigenvalue weighted by Gasteiger charge is -2.37. The van der Waals surface area contributed by atoms with Crippen molar-refractivity contribution in [2.24, 2.45) is 23.2 Å². The fourth-order valence-electron chi connectivity index (χ4n) is 10.8. The first-order valence-corrected chi connectivity index (χ1v) is 25.0. The number of nitrogens with zero attached hydrogens (tertiary/aromatic N) is 6. The number of rotatable bonds is 9. The summed E-state index contributed by atoms with van der Waals surface area (Å²) in [4.78, 5) is 80.6. The maximum atomic E-state index is 14.8. The molecule has 4 amide bonds. The van der Waals surface area contributed by atoms with Gasteiger partial charge in [0.2, 0.25) is 11.8 Å². The van der Waals surface area contributed by atoms with Crippen LogP contribution in [0.3, 0.4) is 0 Å². The van der Waals surface area contributed by atoms with Gasteiger partial charge in [0.15, 0.2) is 0 Å². The molecule has 4 aliphatic heterocycles. The van der Waals surface area contributed by atoms with Gasteiger partial charge in [0.1, 0.15) is 18.1 Å². The van der Waals surface area contributed by atoms with E-state index in [1.54, 1.807) is 25.3 Å². The van der Waals surface area contributed by atoms with Crippen molar-refractivity contribution >= 4 is 40.5 Å². The largest absolute Gasteiger partial charge is 0.464 e. The fraction of sp³-hybridized carbons (Fsp3) is 0.527. The van der Waals surface area contributed by atoms with Gasteiger partial charge in [-0.2, -0.15) is 0 Å². The highest BCUT2D eigenvalue weighted by Gasteiger charge is 2.40. The van der Waals surface area contributed by atoms with Gasteiger partial charge in [-0.05, 0) is 105 Å². The van der Waals surface area contributed by atoms with Crippen LogP contribution < -0.4 is 10.7 Å². The number of ether oxygens (including phenoxy) is 2. The molecule has 2 aromatic carbocycles. The number of hydrogen-bond acceptors (Lipinski definition) is 10. The minimum Gasteiger partial charge on any atom is -0.464 e. The van der Waals surface area contributed by atoms with Crippen LogP contribution in [0.25, 0.3) is 33.3 Å². The van der Waals surface area contributed by atoms with Crippen LogP contribution in [-0.4, -0.2) is 138 Å². The first kappa shape index (κ1) is 50.3. The summed E-state index contributed by atoms with van der Waals surface area (Å²) in [6, 6.07) is 15.9. The van der Waals surface area contributed by atoms with Gasteiger partial charge in [0, 0.05) is 93.8 Å². The topological polar surface area (TPSA) is 159 Å². The number of nitrogens with one attached hydrogen (secondary N) is 2. The van der Waals surface area contributed by atoms with Crippen LogP contribution in [0.1, 0.15) is 83.7 Å². The lowest BCUT2D eigenvalue weighted by molar-refractivity contribution is -0.155. The minimum atomic E-state index is -1.06. The predicted molar refractivity (Wildman–Crippen MR) is 268 cm³/mol. The molecule has 4 aromatic rings. The van der Waals surface area contributed by atoms with Crippen LogP contribution in [0, 0.1) is 35.0 Å². The van der Waals surface area contributed by atoms with Gasteiger partial charge in [-0.1, -0.05) is 63.9 Å². The molecular weight excluding hydrogens is 885 g/mol. The van der Waals surface area contributed by atoms with Gasteiger partial charge >= 0.3 is 5.97 Å². The molecule has 70 heavy (non-hydrogen) atoms. The van der Waals surface area contributed by atoms with Gasteiger partial charge in [0.05, 0.1) is 30.0 Å². The van der Waals surface area contributed by atoms with E-state index in [1.807, 2.05) is 46.0 Å². The van der Waals surface area contributed by atoms with Crippen molar-refractivity contribution in [3.05, 3.63) is 77.6 Å². The summed E-state index contributed by atoms with van der Waals surface area (Å²) in [7, 11) is 5.33. The standard InChI is InChI=1S/C55H70N8O7/c1-10-62-46-20-19-39-28-42(46)43(50(62)41-16-12-23-56-48(41)35(4)69-9)29-55(5,6)33-70-54(68)44-17-13-24-63(58-44)53(67)45(27-36-14-11-15-38(39)26-36)57-51(65)49(34(2)3)60(8)52(66)40-22-25-61(32-40)47(64)21-18-37-30-59(7)31-37/h11-12,14-16,19-20,23,26,28,34-35,37,40,44-45,49,58H,10,13,17,22,24-25,27,29-33H2,1-9H3,(H,57,65)/t35-,40-,44-,45-,49-/m0/s1. The molecule has 372 valence electrons. The zero-order valence-corrected chi connectivity index (χ0v) is 42.3. The molecule has 3 saturated heterocycles. The molecule has 3 fully saturated rings. The van der Waals surface area contributed by atoms with Crippen molar-refractivity contribution in [3.63, 3.8) is 0 Å². The number of esters is 1. The van der Waals surface area contributed by atoms with E-state index in [9.17, 15) is 24.0 Å². The third kappa shape index (κ3) is 10.6. The van der Waals surface area contributed by atoms with Gasteiger partial charge in [0.25, 0.3) is 11.8 Å². The molecule has 2 N–H and O–H groups in total. The Labute approximate surface area is 412 Å². The number of hydrogen-bond donors (Lipinski definition) is 2. The van der Waals surface area contributed by atoms with Crippen molar-refractivity contribution in [2.45, 2.75) is 104 Å². The number of pyridine rings is 1. The Balaban J connectivity index is 1.12. The number of aromatic nitrogens is 2. The summed E-state index contributed by atoms with van der Waals surface area (Å²) in [5.41, 5.74) is 10.5. The molecular formula is C55H70N8O7. The molecule has 8 rings (SSSR count). The highest BCUT2D eigenvalue weighted by Crippen LogP contribution is 2.42. The molecule has 6 bridgehead atoms. The van der Waals surface area contributed by atoms with Crippen molar-refractivity contribution in [2.75, 3.05) is 60.5 Å². The van der Waals surface area contributed by atoms with Gasteiger partial charge in [-0.25, -0.2) is 5.43 Å². The van der Waals surface area contributed by atoms with Crippen LogP contribution >= 0.6 is 0 Å². The molecule has 6 heterocycles. The highest BCUT2D eigenvalue weighted by molar-refractivity contribution is 5.97. The van der Waals surface area contributed by atoms with E-state index in [1.165, 1.54) is 9.91 Å². The molecule has 5 atom stereocenters. The van der Waals surface area contributed by atoms with Crippen LogP contribution in [-0.2, 0) is 52.8 Å². The fourth-order valence-corrected chi connectivity index (χ4v) is 10.8. The van der Waals surface area contributed by atoms with Crippen LogP contribution in [0.2, 0.25) is 0 Å². The summed E-state index contributed by atoms with van der Waals surface area (Å²) in [5.74, 6) is 3.38. The zero-order chi connectivity index (χ0) is 50.0. The zero-order valence-electron chi connectivity index (χ0n) is 42.3. The average Bonchev–Trinajstić information content (AvgIpc) is 3.96. The summed E-state index contributed by atoms with van der Waals surface area (Å²) in [6.45, 7) is 15.6. The maximum Gasteiger partial charge on any atom is 0.324 e. The predicted octanol–water partition coefficient (Wildman–Crippen LogP) is 5.64. The number of benzene rings is 2. The van der Waals surface area contributed by atoms with Crippen molar-refractivity contribution in [1.82, 2.24) is 40.0 Å². The Morgan fingerprint density at radius 1 is 1.01 bits per heavy atom. The third-order valence-corrected chi connectivity index (χ3v) is 14.6. The van der Waals surface area contributed by atoms with Crippen molar-refractivity contribution < 1.29 is 33.4 Å². The third-order valence-electron chi connectivity index (χ3n) is 14.6. The maximum absolute atomic E-state index is 14.8. The lowest BCUT2D eigenvalue weighted by atomic mass is 9.84. The normalized spacial score (nSPS) is 21.8. The average molecular weight is 955 g/mol. The summed E-state index contributed by atoms with van der Waals surface area (Å²) >= 11 is 0. The highest BCUT2D eigenvalue weighted by atomic mass is 16.5. The number of carbonyl (C=O) groups excluding carboxylic acids is 5. The van der Waals surface area contributed by atoms with E-state index in [0.717, 1.165) is 63.2 Å². The van der Waals surface area contributed by atoms with E-state index in [0.29, 0.717) is 45.3 Å². The number of fused-ring (bicyclic) bond motifs is 6. The Morgan fingerprint density at radius 2 is 1.79 bits per heavy atom. The molecule has 0 saturated carbocycles. The van der Waals surface area contributed by atoms with E-state index < -0.39 is 47.2 Å². The molecule has 0 unspecified atom stereocenters. The second kappa shape index (κ2) is 21.1. The van der Waals surface area contributed by atoms with Crippen molar-refractivity contribution in [1.29, 1.82) is 0 Å². The number of hydrazine groups is 1. The molecule has 4 aliphatic rings. The summed E-state index contributed by atoms with van der Waals surface area (Å²) in [6.07, 6.45) is 3.75. The molecule has 15 nitrogen and oxygen atoms in total. The van der Waals surface area contributed by atoms with E-state index >= 15 is 0 Å². The number of likely N-dealkylation sites (N-methyl/N-ethyl adjacent to an activating group) is 1. The van der Waals surface area contributed by atoms with Gasteiger partial charge < -0.3 is 34.1 Å². The molecule has 0 radical (unpaired) electrons. The second-order valence-corrected chi connectivity index (χ2v) is 20.9. The monoisotopic (exact) mass is 955 g/mol. The first-order chi connectivity index (χ1) is 33.5. The number of likely N-dealkylation sites (tertiary alicyclic amines) is 2. The Morgan fingerprint density at radius 3 is 2.51 bits per heavy atom. The SMILES string of the molecule is CCn1c(-c2cccnc2[C@H](C)OC)c2c3cc(ccc31)-c1cccc(c1)C[C@H](NC(=O)[C@H](C(C)C)N(C)C(=O)[C@H]1CCN(C(=O)C#CC3CN(C)C3)C1)C(=O)N1CCC[C@H](N1)C(=O)OCC(C)(C)C2.